The van der Waals surface area contributed by atoms with Gasteiger partial charge in [0.1, 0.15) is 17.1 Å². The van der Waals surface area contributed by atoms with Crippen molar-refractivity contribution in [3.8, 4) is 11.5 Å². The van der Waals surface area contributed by atoms with Gasteiger partial charge in [-0.3, -0.25) is 43.5 Å². The minimum absolute atomic E-state index is 0.00189. The van der Waals surface area contributed by atoms with Gasteiger partial charge in [0.2, 0.25) is 11.7 Å². The van der Waals surface area contributed by atoms with Gasteiger partial charge in [-0.1, -0.05) is 30.0 Å². The number of rotatable bonds is 18. The molecule has 8 rings (SSSR count). The summed E-state index contributed by atoms with van der Waals surface area (Å²) in [6.45, 7) is 2.13. The van der Waals surface area contributed by atoms with Gasteiger partial charge in [0, 0.05) is 110 Å². The zero-order chi connectivity index (χ0) is 51.4. The first-order chi connectivity index (χ1) is 34.5. The molecule has 1 unspecified atom stereocenters. The van der Waals surface area contributed by atoms with Gasteiger partial charge >= 0.3 is 0 Å². The number of carbonyl (C=O) groups excluding carboxylic acids is 7. The number of aromatic nitrogens is 5. The summed E-state index contributed by atoms with van der Waals surface area (Å²) in [6, 6.07) is 15.5. The maximum atomic E-state index is 13.7. The molecule has 21 nitrogen and oxygen atoms in total. The summed E-state index contributed by atoms with van der Waals surface area (Å²) in [5.41, 5.74) is 4.69. The van der Waals surface area contributed by atoms with Crippen LogP contribution in [0.4, 0.5) is 34.3 Å². The zero-order valence-electron chi connectivity index (χ0n) is 40.8. The molecule has 0 spiro atoms. The first-order valence-corrected chi connectivity index (χ1v) is 23.9. The molecule has 6 heterocycles. The van der Waals surface area contributed by atoms with E-state index >= 15 is 0 Å². The molecule has 374 valence electrons. The van der Waals surface area contributed by atoms with Crippen molar-refractivity contribution in [2.75, 3.05) is 59.2 Å². The summed E-state index contributed by atoms with van der Waals surface area (Å²) < 4.78 is 17.8. The van der Waals surface area contributed by atoms with E-state index in [2.05, 4.69) is 31.2 Å². The Hall–Kier alpha value is -8.40. The zero-order valence-corrected chi connectivity index (χ0v) is 41.6. The van der Waals surface area contributed by atoms with Gasteiger partial charge in [-0.15, -0.1) is 0 Å². The van der Waals surface area contributed by atoms with Gasteiger partial charge in [0.25, 0.3) is 29.5 Å². The van der Waals surface area contributed by atoms with Crippen LogP contribution in [0.3, 0.4) is 0 Å². The second kappa shape index (κ2) is 21.3. The number of imidazole rings is 1. The first kappa shape index (κ1) is 50.0. The average Bonchev–Trinajstić information content (AvgIpc) is 4.16. The number of ether oxygens (including phenoxy) is 2. The average molecular weight is 999 g/mol. The summed E-state index contributed by atoms with van der Waals surface area (Å²) in [6.07, 6.45) is 9.80. The summed E-state index contributed by atoms with van der Waals surface area (Å²) in [5.74, 6) is -0.791. The van der Waals surface area contributed by atoms with Crippen LogP contribution in [0.5, 0.6) is 11.5 Å². The second-order valence-corrected chi connectivity index (χ2v) is 18.7. The summed E-state index contributed by atoms with van der Waals surface area (Å²) in [5, 5.41) is 11.1. The van der Waals surface area contributed by atoms with Crippen molar-refractivity contribution in [3.05, 3.63) is 113 Å². The molecule has 0 radical (unpaired) electrons. The number of benzene rings is 2. The highest BCUT2D eigenvalue weighted by atomic mass is 32.2. The summed E-state index contributed by atoms with van der Waals surface area (Å²) in [4.78, 5) is 103. The van der Waals surface area contributed by atoms with Gasteiger partial charge in [-0.25, -0.2) is 4.98 Å². The molecular formula is C50H54N12O9S. The molecule has 0 aliphatic carbocycles. The van der Waals surface area contributed by atoms with Crippen molar-refractivity contribution in [2.24, 2.45) is 33.2 Å². The fourth-order valence-corrected chi connectivity index (χ4v) is 9.06. The Balaban J connectivity index is 0.805. The van der Waals surface area contributed by atoms with Crippen LogP contribution in [0.2, 0.25) is 0 Å². The first-order valence-electron chi connectivity index (χ1n) is 22.9. The Morgan fingerprint density at radius 2 is 1.39 bits per heavy atom. The maximum absolute atomic E-state index is 13.7. The van der Waals surface area contributed by atoms with E-state index in [1.807, 2.05) is 24.3 Å². The molecule has 4 aromatic heterocycles. The number of aryl methyl sites for hydroxylation is 4. The Labute approximate surface area is 418 Å². The Morgan fingerprint density at radius 1 is 0.764 bits per heavy atom. The fourth-order valence-electron chi connectivity index (χ4n) is 8.50. The van der Waals surface area contributed by atoms with Crippen LogP contribution in [-0.4, -0.2) is 114 Å². The third kappa shape index (κ3) is 11.0. The van der Waals surface area contributed by atoms with Crippen LogP contribution in [0, 0.1) is 0 Å². The molecule has 2 aliphatic rings. The Kier molecular flexibility index (Phi) is 14.8. The number of fused-ring (bicyclic) bond motifs is 4. The molecule has 4 N–H and O–H groups in total. The molecule has 22 heteroatoms. The molecule has 0 fully saturated rings. The van der Waals surface area contributed by atoms with E-state index in [-0.39, 0.29) is 64.9 Å². The number of amides is 6. The van der Waals surface area contributed by atoms with Crippen molar-refractivity contribution in [2.45, 2.75) is 38.6 Å². The Bertz CT molecular complexity index is 3160. The van der Waals surface area contributed by atoms with Crippen LogP contribution in [0.15, 0.2) is 84.4 Å². The monoisotopic (exact) mass is 998 g/mol. The normalized spacial score (nSPS) is 13.4. The number of anilines is 5. The summed E-state index contributed by atoms with van der Waals surface area (Å²) in [7, 11) is 9.78. The number of hydrogen-bond acceptors (Lipinski definition) is 12. The van der Waals surface area contributed by atoms with E-state index in [1.54, 1.807) is 97.2 Å². The number of methoxy groups -OCH3 is 1. The fraction of sp³-hybridized carbons (Fsp3) is 0.300. The SMILES string of the molecule is COc1cc2c(cc1OCCCC(=O)Nc1cn(C)c(C(=O)Nc3cc(C(=O)Nc4cc(C(=O)Nc5cc(C(=O)N(C)CCCSC(C)=O)n(C)c5)n(C)c4)n(C)c3)n1)N=CC1Cc3ccccc3N1C2=O. The van der Waals surface area contributed by atoms with Crippen molar-refractivity contribution < 1.29 is 43.0 Å². The van der Waals surface area contributed by atoms with Gasteiger partial charge in [0.05, 0.1) is 48.1 Å². The number of para-hydroxylation sites is 1. The summed E-state index contributed by atoms with van der Waals surface area (Å²) >= 11 is 1.21. The number of hydrogen-bond donors (Lipinski definition) is 4. The molecule has 6 amide bonds. The standard InChI is InChI=1S/C50H54N12O9S/c1-29(63)72-17-11-15-57(2)50(69)40-21-33(27-60(40)5)53-47(66)38-19-31(25-58(38)3)52-46(65)39-20-32(26-59(39)4)54-48(67)45-56-43(28-61(45)6)55-44(64)14-10-16-71-42-23-36-35(22-41(42)70-7)49(68)62-34(24-51-36)18-30-12-8-9-13-37(30)62/h8-9,12-13,19-28,34H,10-11,14-18H2,1-7H3,(H,52,65)(H,53,66)(H,54,67)(H,55,64). The van der Waals surface area contributed by atoms with Crippen molar-refractivity contribution >= 4 is 92.8 Å². The van der Waals surface area contributed by atoms with E-state index in [1.165, 1.54) is 53.3 Å². The predicted octanol–water partition coefficient (Wildman–Crippen LogP) is 6.03. The van der Waals surface area contributed by atoms with E-state index in [0.29, 0.717) is 77.1 Å². The third-order valence-corrected chi connectivity index (χ3v) is 12.9. The van der Waals surface area contributed by atoms with Gasteiger partial charge in [-0.05, 0) is 48.7 Å². The lowest BCUT2D eigenvalue weighted by Crippen LogP contribution is -2.37. The number of carbonyl (C=O) groups is 7. The van der Waals surface area contributed by atoms with Gasteiger partial charge < -0.3 is 53.9 Å². The minimum Gasteiger partial charge on any atom is -0.493 e. The largest absolute Gasteiger partial charge is 0.493 e. The minimum atomic E-state index is -0.587. The topological polar surface area (TPSA) is 238 Å². The van der Waals surface area contributed by atoms with Crippen LogP contribution >= 0.6 is 11.8 Å². The highest BCUT2D eigenvalue weighted by Gasteiger charge is 2.36. The lowest BCUT2D eigenvalue weighted by atomic mass is 10.1. The number of thioether (sulfide) groups is 1. The highest BCUT2D eigenvalue weighted by Crippen LogP contribution is 2.41. The third-order valence-electron chi connectivity index (χ3n) is 12.0. The van der Waals surface area contributed by atoms with Gasteiger partial charge in [-0.2, -0.15) is 0 Å². The quantitative estimate of drug-likeness (QED) is 0.0726. The smallest absolute Gasteiger partial charge is 0.291 e. The number of nitrogens with one attached hydrogen (secondary N) is 4. The van der Waals surface area contributed by atoms with Crippen LogP contribution in [-0.2, 0) is 44.2 Å². The van der Waals surface area contributed by atoms with Crippen LogP contribution < -0.4 is 35.6 Å². The molecule has 0 bridgehead atoms. The lowest BCUT2D eigenvalue weighted by molar-refractivity contribution is -0.116. The predicted molar refractivity (Wildman–Crippen MR) is 273 cm³/mol. The number of aliphatic imine (C=N–C) groups is 1. The van der Waals surface area contributed by atoms with Crippen LogP contribution in [0.1, 0.15) is 84.2 Å². The van der Waals surface area contributed by atoms with E-state index in [9.17, 15) is 33.6 Å². The number of nitrogens with zero attached hydrogens (tertiary/aromatic N) is 8. The molecule has 0 saturated heterocycles. The maximum Gasteiger partial charge on any atom is 0.291 e. The van der Waals surface area contributed by atoms with E-state index < -0.39 is 17.7 Å². The van der Waals surface area contributed by atoms with Crippen molar-refractivity contribution in [3.63, 3.8) is 0 Å². The van der Waals surface area contributed by atoms with Crippen LogP contribution in [0.25, 0.3) is 0 Å². The lowest BCUT2D eigenvalue weighted by Gasteiger charge is -2.22. The molecular weight excluding hydrogens is 945 g/mol. The molecule has 2 aromatic carbocycles. The molecule has 1 atom stereocenters. The van der Waals surface area contributed by atoms with Gasteiger partial charge in [0.15, 0.2) is 22.4 Å². The second-order valence-electron chi connectivity index (χ2n) is 17.4. The molecule has 72 heavy (non-hydrogen) atoms. The van der Waals surface area contributed by atoms with E-state index in [4.69, 9.17) is 9.47 Å². The van der Waals surface area contributed by atoms with Crippen molar-refractivity contribution in [1.29, 1.82) is 0 Å². The molecule has 2 aliphatic heterocycles. The molecule has 6 aromatic rings. The van der Waals surface area contributed by atoms with E-state index in [0.717, 1.165) is 11.3 Å². The van der Waals surface area contributed by atoms with Crippen molar-refractivity contribution in [1.82, 2.24) is 28.2 Å². The highest BCUT2D eigenvalue weighted by molar-refractivity contribution is 8.13. The Morgan fingerprint density at radius 3 is 2.04 bits per heavy atom. The molecule has 0 saturated carbocycles.